The molecule has 0 saturated carbocycles. The molecule has 23 heavy (non-hydrogen) atoms. The summed E-state index contributed by atoms with van der Waals surface area (Å²) >= 11 is 0. The smallest absolute Gasteiger partial charge is 0.0933 e. The molecule has 1 atom stereocenters. The number of hydrogen-bond acceptors (Lipinski definition) is 3. The van der Waals surface area contributed by atoms with E-state index in [-0.39, 0.29) is 32.7 Å². The molecule has 4 heteroatoms. The van der Waals surface area contributed by atoms with Gasteiger partial charge in [0.25, 0.3) is 0 Å². The van der Waals surface area contributed by atoms with Gasteiger partial charge in [0.15, 0.2) is 0 Å². The average molecular weight is 388 g/mol. The van der Waals surface area contributed by atoms with Crippen molar-refractivity contribution in [2.45, 2.75) is 53.6 Å². The van der Waals surface area contributed by atoms with E-state index >= 15 is 0 Å². The molecule has 1 aliphatic rings. The first kappa shape index (κ1) is 22.4. The van der Waals surface area contributed by atoms with E-state index in [1.165, 1.54) is 5.92 Å². The van der Waals surface area contributed by atoms with Gasteiger partial charge in [0.1, 0.15) is 0 Å². The summed E-state index contributed by atoms with van der Waals surface area (Å²) in [5.74, 6) is 1.26. The Morgan fingerprint density at radius 1 is 1.04 bits per heavy atom. The molecule has 0 bridgehead atoms. The molecule has 1 aromatic carbocycles. The van der Waals surface area contributed by atoms with Crippen molar-refractivity contribution in [3.05, 3.63) is 53.6 Å². The summed E-state index contributed by atoms with van der Waals surface area (Å²) in [6.45, 7) is 10.1. The van der Waals surface area contributed by atoms with Crippen molar-refractivity contribution in [3.63, 3.8) is 0 Å². The van der Waals surface area contributed by atoms with E-state index in [1.807, 2.05) is 64.1 Å². The van der Waals surface area contributed by atoms with E-state index in [2.05, 4.69) is 17.1 Å². The van der Waals surface area contributed by atoms with Gasteiger partial charge in [-0.3, -0.25) is 0 Å². The summed E-state index contributed by atoms with van der Waals surface area (Å²) < 4.78 is 0. The van der Waals surface area contributed by atoms with Gasteiger partial charge in [-0.05, 0) is 6.07 Å². The largest absolute Gasteiger partial charge is 0.391 e. The van der Waals surface area contributed by atoms with Crippen molar-refractivity contribution >= 4 is 0 Å². The number of aromatic nitrogens is 2. The molecule has 1 aliphatic carbocycles. The summed E-state index contributed by atoms with van der Waals surface area (Å²) in [6.07, 6.45) is 1.12. The van der Waals surface area contributed by atoms with E-state index in [0.29, 0.717) is 0 Å². The Labute approximate surface area is 165 Å². The zero-order chi connectivity index (χ0) is 16.5. The number of aliphatic hydroxyl groups excluding tert-OH is 1. The fourth-order valence-corrected chi connectivity index (χ4v) is 2.41. The molecule has 1 heterocycles. The van der Waals surface area contributed by atoms with Gasteiger partial charge in [0.2, 0.25) is 0 Å². The fraction of sp³-hybridized carbons (Fsp3) is 0.421. The first-order valence-corrected chi connectivity index (χ1v) is 8.15. The maximum atomic E-state index is 10.1. The van der Waals surface area contributed by atoms with Crippen LogP contribution in [0.15, 0.2) is 36.4 Å². The minimum absolute atomic E-state index is 0. The number of nitrogens with zero attached hydrogens (tertiary/aromatic N) is 2. The van der Waals surface area contributed by atoms with Crippen LogP contribution in [0.2, 0.25) is 0 Å². The van der Waals surface area contributed by atoms with E-state index < -0.39 is 6.10 Å². The molecule has 0 aliphatic heterocycles. The molecule has 3 rings (SSSR count). The van der Waals surface area contributed by atoms with Crippen LogP contribution in [-0.2, 0) is 39.1 Å². The number of hydrogen-bond donors (Lipinski definition) is 1. The minimum Gasteiger partial charge on any atom is -0.391 e. The third kappa shape index (κ3) is 6.06. The third-order valence-electron chi connectivity index (χ3n) is 3.34. The molecule has 0 fully saturated rings. The molecule has 0 spiro atoms. The third-order valence-corrected chi connectivity index (χ3v) is 3.34. The maximum Gasteiger partial charge on any atom is 0.0933 e. The van der Waals surface area contributed by atoms with Crippen LogP contribution in [0.3, 0.4) is 0 Å². The summed E-state index contributed by atoms with van der Waals surface area (Å²) in [4.78, 5) is 0. The predicted molar refractivity (Wildman–Crippen MR) is 92.4 cm³/mol. The summed E-state index contributed by atoms with van der Waals surface area (Å²) in [6, 6.07) is 11.9. The molecule has 0 amide bonds. The van der Waals surface area contributed by atoms with E-state index in [0.717, 1.165) is 35.4 Å². The Morgan fingerprint density at radius 3 is 2.26 bits per heavy atom. The van der Waals surface area contributed by atoms with Crippen LogP contribution in [0.25, 0.3) is 11.3 Å². The van der Waals surface area contributed by atoms with Crippen LogP contribution in [-0.4, -0.2) is 15.3 Å². The molecule has 0 saturated heterocycles. The van der Waals surface area contributed by atoms with E-state index in [4.69, 9.17) is 0 Å². The quantitative estimate of drug-likeness (QED) is 0.716. The van der Waals surface area contributed by atoms with Crippen molar-refractivity contribution in [1.29, 1.82) is 0 Å². The van der Waals surface area contributed by atoms with Gasteiger partial charge in [0.05, 0.1) is 11.8 Å². The number of fused-ring (bicyclic) bond motifs is 1. The summed E-state index contributed by atoms with van der Waals surface area (Å²) in [5, 5.41) is 18.6. The Morgan fingerprint density at radius 2 is 1.65 bits per heavy atom. The Hall–Kier alpha value is -0.636. The molecule has 1 unspecified atom stereocenters. The van der Waals surface area contributed by atoms with Crippen molar-refractivity contribution in [2.75, 3.05) is 0 Å². The predicted octanol–water partition coefficient (Wildman–Crippen LogP) is 4.77. The van der Waals surface area contributed by atoms with Crippen molar-refractivity contribution in [1.82, 2.24) is 10.2 Å². The zero-order valence-corrected chi connectivity index (χ0v) is 17.7. The van der Waals surface area contributed by atoms with Crippen LogP contribution in [0.4, 0.5) is 0 Å². The van der Waals surface area contributed by atoms with Crippen molar-refractivity contribution in [2.24, 2.45) is 0 Å². The van der Waals surface area contributed by atoms with E-state index in [9.17, 15) is 5.11 Å². The van der Waals surface area contributed by atoms with Crippen LogP contribution in [0, 0.1) is 5.92 Å². The summed E-state index contributed by atoms with van der Waals surface area (Å²) in [5.41, 5.74) is 3.69. The normalized spacial score (nSPS) is 15.8. The average Bonchev–Trinajstić information content (AvgIpc) is 2.59. The van der Waals surface area contributed by atoms with Gasteiger partial charge >= 0.3 is 0 Å². The van der Waals surface area contributed by atoms with Gasteiger partial charge < -0.3 is 11.0 Å². The van der Waals surface area contributed by atoms with Crippen LogP contribution < -0.4 is 0 Å². The van der Waals surface area contributed by atoms with Gasteiger partial charge in [-0.25, -0.2) is 0 Å². The van der Waals surface area contributed by atoms with Gasteiger partial charge in [0, 0.05) is 49.5 Å². The molecular weight excluding hydrogens is 361 g/mol. The van der Waals surface area contributed by atoms with Crippen molar-refractivity contribution in [3.8, 4) is 11.3 Å². The minimum atomic E-state index is -0.438. The fourth-order valence-electron chi connectivity index (χ4n) is 2.41. The number of rotatable bonds is 1. The van der Waals surface area contributed by atoms with Gasteiger partial charge in [-0.2, -0.15) is 17.1 Å². The molecular formula is C19H27N2OY-. The summed E-state index contributed by atoms with van der Waals surface area (Å²) in [7, 11) is 0. The van der Waals surface area contributed by atoms with Gasteiger partial charge in [-0.1, -0.05) is 58.0 Å². The Bertz CT molecular complexity index is 561. The second-order valence-corrected chi connectivity index (χ2v) is 4.85. The standard InChI is InChI=1S/C15H15N2O.2C2H6.Y/c1-10-7-14-12(15(18)8-10)9-13(16-17-14)11-5-3-2-4-6-11;2*1-2;/h2-6,9,15,18H,7-8H2,1H3;2*1-2H3;/q-1;;;. The number of aliphatic hydroxyl groups is 1. The first-order chi connectivity index (χ1) is 10.7. The molecule has 123 valence electrons. The van der Waals surface area contributed by atoms with Gasteiger partial charge in [-0.15, -0.1) is 12.8 Å². The number of benzene rings is 1. The zero-order valence-electron chi connectivity index (χ0n) is 14.9. The van der Waals surface area contributed by atoms with E-state index in [1.54, 1.807) is 0 Å². The molecule has 1 N–H and O–H groups in total. The Kier molecular flexibility index (Phi) is 11.5. The monoisotopic (exact) mass is 388 g/mol. The van der Waals surface area contributed by atoms with Crippen LogP contribution in [0.5, 0.6) is 0 Å². The molecule has 3 nitrogen and oxygen atoms in total. The molecule has 2 aromatic rings. The topological polar surface area (TPSA) is 46.0 Å². The Balaban J connectivity index is 0.000000901. The molecule has 1 radical (unpaired) electrons. The SMILES string of the molecule is CC.CC.C[C-]1Cc2nnc(-c3ccccc3)cc2C(O)C1.[Y]. The second-order valence-electron chi connectivity index (χ2n) is 4.85. The van der Waals surface area contributed by atoms with Crippen LogP contribution >= 0.6 is 0 Å². The molecule has 1 aromatic heterocycles. The maximum absolute atomic E-state index is 10.1. The first-order valence-electron chi connectivity index (χ1n) is 8.15. The van der Waals surface area contributed by atoms with Crippen molar-refractivity contribution < 1.29 is 37.8 Å². The van der Waals surface area contributed by atoms with Crippen LogP contribution in [0.1, 0.15) is 58.4 Å². The second kappa shape index (κ2) is 11.8.